The summed E-state index contributed by atoms with van der Waals surface area (Å²) in [5.74, 6) is -0.542. The molecule has 1 aromatic rings. The Kier molecular flexibility index (Phi) is 4.72. The summed E-state index contributed by atoms with van der Waals surface area (Å²) in [6.07, 6.45) is -1.56. The van der Waals surface area contributed by atoms with Gasteiger partial charge in [0.2, 0.25) is 0 Å². The van der Waals surface area contributed by atoms with Gasteiger partial charge in [-0.05, 0) is 11.6 Å². The molecule has 0 saturated carbocycles. The van der Waals surface area contributed by atoms with Crippen LogP contribution in [0.1, 0.15) is 17.5 Å². The summed E-state index contributed by atoms with van der Waals surface area (Å²) in [6, 6.07) is 1.08. The van der Waals surface area contributed by atoms with Crippen LogP contribution in [0.15, 0.2) is 18.3 Å². The van der Waals surface area contributed by atoms with Crippen LogP contribution in [-0.4, -0.2) is 18.1 Å². The van der Waals surface area contributed by atoms with Crippen LogP contribution in [-0.2, 0) is 15.7 Å². The molecule has 18 heavy (non-hydrogen) atoms. The average molecular weight is 280 g/mol. The fourth-order valence-electron chi connectivity index (χ4n) is 1.18. The highest BCUT2D eigenvalue weighted by molar-refractivity contribution is 6.29. The van der Waals surface area contributed by atoms with Crippen molar-refractivity contribution in [2.45, 2.75) is 12.6 Å². The lowest BCUT2D eigenvalue weighted by Gasteiger charge is -2.09. The molecule has 0 amide bonds. The normalized spacial score (nSPS) is 11.8. The Morgan fingerprint density at radius 1 is 1.56 bits per heavy atom. The SMILES string of the molecule is COC(=O)CC=Cc1cc(Cl)ncc1C(F)(F)F. The van der Waals surface area contributed by atoms with Crippen LogP contribution in [0.25, 0.3) is 6.08 Å². The molecule has 0 saturated heterocycles. The predicted octanol–water partition coefficient (Wildman–Crippen LogP) is 3.33. The number of esters is 1. The molecule has 98 valence electrons. The van der Waals surface area contributed by atoms with Crippen LogP contribution in [0.5, 0.6) is 0 Å². The molecule has 1 aromatic heterocycles. The Bertz CT molecular complexity index is 472. The Morgan fingerprint density at radius 2 is 2.22 bits per heavy atom. The van der Waals surface area contributed by atoms with Crippen LogP contribution >= 0.6 is 11.6 Å². The smallest absolute Gasteiger partial charge is 0.418 e. The van der Waals surface area contributed by atoms with Crippen molar-refractivity contribution in [2.75, 3.05) is 7.11 Å². The van der Waals surface area contributed by atoms with Gasteiger partial charge in [0.15, 0.2) is 0 Å². The number of methoxy groups -OCH3 is 1. The van der Waals surface area contributed by atoms with E-state index in [-0.39, 0.29) is 17.1 Å². The first-order chi connectivity index (χ1) is 8.34. The fourth-order valence-corrected chi connectivity index (χ4v) is 1.35. The number of halogens is 4. The van der Waals surface area contributed by atoms with Crippen LogP contribution in [0.3, 0.4) is 0 Å². The number of ether oxygens (including phenoxy) is 1. The highest BCUT2D eigenvalue weighted by atomic mass is 35.5. The van der Waals surface area contributed by atoms with Crippen molar-refractivity contribution in [3.63, 3.8) is 0 Å². The van der Waals surface area contributed by atoms with Crippen LogP contribution in [0, 0.1) is 0 Å². The van der Waals surface area contributed by atoms with Crippen LogP contribution < -0.4 is 0 Å². The van der Waals surface area contributed by atoms with E-state index in [0.29, 0.717) is 6.20 Å². The third-order valence-corrected chi connectivity index (χ3v) is 2.22. The molecular weight excluding hydrogens is 271 g/mol. The molecule has 0 aromatic carbocycles. The number of nitrogens with zero attached hydrogens (tertiary/aromatic N) is 1. The van der Waals surface area contributed by atoms with E-state index in [0.717, 1.165) is 12.1 Å². The van der Waals surface area contributed by atoms with Gasteiger partial charge in [0.1, 0.15) is 5.15 Å². The molecule has 7 heteroatoms. The van der Waals surface area contributed by atoms with Crippen LogP contribution in [0.2, 0.25) is 5.15 Å². The van der Waals surface area contributed by atoms with E-state index >= 15 is 0 Å². The van der Waals surface area contributed by atoms with Crippen molar-refractivity contribution in [1.29, 1.82) is 0 Å². The maximum absolute atomic E-state index is 12.6. The van der Waals surface area contributed by atoms with E-state index < -0.39 is 17.7 Å². The van der Waals surface area contributed by atoms with Crippen molar-refractivity contribution >= 4 is 23.6 Å². The van der Waals surface area contributed by atoms with Gasteiger partial charge in [0.25, 0.3) is 0 Å². The molecule has 0 aliphatic carbocycles. The van der Waals surface area contributed by atoms with Gasteiger partial charge in [0, 0.05) is 6.20 Å². The van der Waals surface area contributed by atoms with Crippen molar-refractivity contribution < 1.29 is 22.7 Å². The standard InChI is InChI=1S/C11H9ClF3NO2/c1-18-10(17)4-2-3-7-5-9(12)16-6-8(7)11(13,14)15/h2-3,5-6H,4H2,1H3. The predicted molar refractivity (Wildman–Crippen MR) is 59.9 cm³/mol. The summed E-state index contributed by atoms with van der Waals surface area (Å²) < 4.78 is 42.2. The lowest BCUT2D eigenvalue weighted by atomic mass is 10.1. The Balaban J connectivity index is 3.00. The minimum Gasteiger partial charge on any atom is -0.469 e. The van der Waals surface area contributed by atoms with Gasteiger partial charge in [-0.3, -0.25) is 4.79 Å². The highest BCUT2D eigenvalue weighted by Crippen LogP contribution is 2.33. The number of hydrogen-bond acceptors (Lipinski definition) is 3. The van der Waals surface area contributed by atoms with Crippen molar-refractivity contribution in [2.24, 2.45) is 0 Å². The second-order valence-corrected chi connectivity index (χ2v) is 3.66. The molecule has 3 nitrogen and oxygen atoms in total. The maximum atomic E-state index is 12.6. The average Bonchev–Trinajstić information content (AvgIpc) is 2.27. The molecule has 0 N–H and O–H groups in total. The third kappa shape index (κ3) is 4.03. The first-order valence-corrected chi connectivity index (χ1v) is 5.18. The Hall–Kier alpha value is -1.56. The highest BCUT2D eigenvalue weighted by Gasteiger charge is 2.33. The molecule has 0 fully saturated rings. The molecule has 0 radical (unpaired) electrons. The van der Waals surface area contributed by atoms with Gasteiger partial charge >= 0.3 is 12.1 Å². The first kappa shape index (κ1) is 14.5. The second-order valence-electron chi connectivity index (χ2n) is 3.27. The van der Waals surface area contributed by atoms with Crippen molar-refractivity contribution in [3.8, 4) is 0 Å². The largest absolute Gasteiger partial charge is 0.469 e. The molecule has 0 unspecified atom stereocenters. The van der Waals surface area contributed by atoms with Gasteiger partial charge in [-0.1, -0.05) is 23.8 Å². The number of carbonyl (C=O) groups is 1. The molecule has 0 spiro atoms. The maximum Gasteiger partial charge on any atom is 0.418 e. The topological polar surface area (TPSA) is 39.2 Å². The van der Waals surface area contributed by atoms with Gasteiger partial charge in [-0.2, -0.15) is 13.2 Å². The zero-order chi connectivity index (χ0) is 13.8. The van der Waals surface area contributed by atoms with Gasteiger partial charge < -0.3 is 4.74 Å². The van der Waals surface area contributed by atoms with Gasteiger partial charge in [-0.25, -0.2) is 4.98 Å². The van der Waals surface area contributed by atoms with E-state index in [9.17, 15) is 18.0 Å². The molecule has 0 atom stereocenters. The molecular formula is C11H9ClF3NO2. The summed E-state index contributed by atoms with van der Waals surface area (Å²) in [5, 5.41) is -0.0549. The summed E-state index contributed by atoms with van der Waals surface area (Å²) in [7, 11) is 1.20. The number of alkyl halides is 3. The summed E-state index contributed by atoms with van der Waals surface area (Å²) in [6.45, 7) is 0. The molecule has 0 bridgehead atoms. The van der Waals surface area contributed by atoms with E-state index in [1.165, 1.54) is 13.2 Å². The quantitative estimate of drug-likeness (QED) is 0.629. The van der Waals surface area contributed by atoms with E-state index in [4.69, 9.17) is 11.6 Å². The zero-order valence-electron chi connectivity index (χ0n) is 9.29. The summed E-state index contributed by atoms with van der Waals surface area (Å²) in [4.78, 5) is 14.2. The monoisotopic (exact) mass is 279 g/mol. The molecule has 0 aliphatic rings. The minimum atomic E-state index is -4.53. The van der Waals surface area contributed by atoms with Crippen molar-refractivity contribution in [3.05, 3.63) is 34.6 Å². The Morgan fingerprint density at radius 3 is 2.78 bits per heavy atom. The number of rotatable bonds is 3. The zero-order valence-corrected chi connectivity index (χ0v) is 10.0. The number of hydrogen-bond donors (Lipinski definition) is 0. The Labute approximate surface area is 106 Å². The lowest BCUT2D eigenvalue weighted by molar-refractivity contribution is -0.139. The number of carbonyl (C=O) groups excluding carboxylic acids is 1. The number of pyridine rings is 1. The summed E-state index contributed by atoms with van der Waals surface area (Å²) in [5.41, 5.74) is -1.06. The van der Waals surface area contributed by atoms with E-state index in [2.05, 4.69) is 9.72 Å². The van der Waals surface area contributed by atoms with Crippen LogP contribution in [0.4, 0.5) is 13.2 Å². The molecule has 1 rings (SSSR count). The summed E-state index contributed by atoms with van der Waals surface area (Å²) >= 11 is 5.53. The second kappa shape index (κ2) is 5.86. The van der Waals surface area contributed by atoms with Gasteiger partial charge in [0.05, 0.1) is 19.1 Å². The van der Waals surface area contributed by atoms with E-state index in [1.54, 1.807) is 0 Å². The molecule has 1 heterocycles. The lowest BCUT2D eigenvalue weighted by Crippen LogP contribution is -2.08. The number of aromatic nitrogens is 1. The minimum absolute atomic E-state index is 0.0549. The third-order valence-electron chi connectivity index (χ3n) is 2.02. The first-order valence-electron chi connectivity index (χ1n) is 4.80. The van der Waals surface area contributed by atoms with Crippen molar-refractivity contribution in [1.82, 2.24) is 4.98 Å². The van der Waals surface area contributed by atoms with Gasteiger partial charge in [-0.15, -0.1) is 0 Å². The molecule has 0 aliphatic heterocycles. The van der Waals surface area contributed by atoms with E-state index in [1.807, 2.05) is 0 Å². The fraction of sp³-hybridized carbons (Fsp3) is 0.273.